The summed E-state index contributed by atoms with van der Waals surface area (Å²) >= 11 is 0. The second kappa shape index (κ2) is 7.28. The third kappa shape index (κ3) is 4.80. The van der Waals surface area contributed by atoms with Crippen LogP contribution in [0, 0.1) is 5.82 Å². The number of hydrogen-bond acceptors (Lipinski definition) is 3. The van der Waals surface area contributed by atoms with E-state index in [4.69, 9.17) is 4.74 Å². The fraction of sp³-hybridized carbons (Fsp3) is 0.188. The highest BCUT2D eigenvalue weighted by atomic mass is 19.1. The van der Waals surface area contributed by atoms with Gasteiger partial charge in [0.15, 0.2) is 0 Å². The van der Waals surface area contributed by atoms with Gasteiger partial charge in [-0.15, -0.1) is 0 Å². The number of nitrogens with one attached hydrogen (secondary N) is 2. The van der Waals surface area contributed by atoms with E-state index in [1.165, 1.54) is 12.1 Å². The third-order valence-electron chi connectivity index (χ3n) is 2.73. The van der Waals surface area contributed by atoms with Crippen molar-refractivity contribution >= 4 is 17.3 Å². The smallest absolute Gasteiger partial charge is 0.243 e. The van der Waals surface area contributed by atoms with Gasteiger partial charge in [-0.25, -0.2) is 4.39 Å². The van der Waals surface area contributed by atoms with E-state index in [2.05, 4.69) is 10.6 Å². The van der Waals surface area contributed by atoms with E-state index >= 15 is 0 Å². The largest absolute Gasteiger partial charge is 0.494 e. The Morgan fingerprint density at radius 3 is 2.57 bits per heavy atom. The molecule has 0 unspecified atom stereocenters. The highest BCUT2D eigenvalue weighted by Crippen LogP contribution is 2.15. The Bertz CT molecular complexity index is 599. The molecule has 0 fully saturated rings. The van der Waals surface area contributed by atoms with Gasteiger partial charge in [-0.05, 0) is 49.4 Å². The molecule has 0 radical (unpaired) electrons. The summed E-state index contributed by atoms with van der Waals surface area (Å²) in [6.07, 6.45) is 0. The Labute approximate surface area is 122 Å². The normalized spacial score (nSPS) is 10.0. The van der Waals surface area contributed by atoms with Crippen molar-refractivity contribution in [2.75, 3.05) is 23.8 Å². The first-order valence-corrected chi connectivity index (χ1v) is 6.69. The first kappa shape index (κ1) is 14.8. The number of benzene rings is 2. The summed E-state index contributed by atoms with van der Waals surface area (Å²) in [5.74, 6) is 0.212. The predicted molar refractivity (Wildman–Crippen MR) is 81.1 cm³/mol. The number of ether oxygens (including phenoxy) is 1. The molecule has 0 bridgehead atoms. The molecule has 0 atom stereocenters. The minimum absolute atomic E-state index is 0.0661. The van der Waals surface area contributed by atoms with Gasteiger partial charge < -0.3 is 15.4 Å². The van der Waals surface area contributed by atoms with Crippen molar-refractivity contribution in [3.63, 3.8) is 0 Å². The summed E-state index contributed by atoms with van der Waals surface area (Å²) < 4.78 is 18.3. The van der Waals surface area contributed by atoms with Gasteiger partial charge in [0.1, 0.15) is 11.6 Å². The Morgan fingerprint density at radius 1 is 1.14 bits per heavy atom. The van der Waals surface area contributed by atoms with E-state index in [1.807, 2.05) is 6.92 Å². The molecule has 0 saturated heterocycles. The van der Waals surface area contributed by atoms with Gasteiger partial charge in [0.05, 0.1) is 13.2 Å². The molecule has 0 saturated carbocycles. The molecule has 4 nitrogen and oxygen atoms in total. The fourth-order valence-corrected chi connectivity index (χ4v) is 1.79. The summed E-state index contributed by atoms with van der Waals surface area (Å²) in [7, 11) is 0. The molecule has 21 heavy (non-hydrogen) atoms. The molecule has 2 aromatic rings. The third-order valence-corrected chi connectivity index (χ3v) is 2.73. The molecule has 5 heteroatoms. The molecule has 2 N–H and O–H groups in total. The average Bonchev–Trinajstić information content (AvgIpc) is 2.48. The molecule has 2 aromatic carbocycles. The minimum Gasteiger partial charge on any atom is -0.494 e. The van der Waals surface area contributed by atoms with Crippen LogP contribution < -0.4 is 15.4 Å². The van der Waals surface area contributed by atoms with Crippen LogP contribution in [-0.4, -0.2) is 19.1 Å². The summed E-state index contributed by atoms with van der Waals surface area (Å²) in [5, 5.41) is 5.61. The zero-order valence-corrected chi connectivity index (χ0v) is 11.7. The van der Waals surface area contributed by atoms with E-state index in [0.717, 1.165) is 5.75 Å². The van der Waals surface area contributed by atoms with Crippen molar-refractivity contribution in [2.45, 2.75) is 6.92 Å². The van der Waals surface area contributed by atoms with Gasteiger partial charge in [0.2, 0.25) is 5.91 Å². The lowest BCUT2D eigenvalue weighted by molar-refractivity contribution is -0.114. The molecular formula is C16H17FN2O2. The zero-order chi connectivity index (χ0) is 15.1. The first-order chi connectivity index (χ1) is 10.2. The standard InChI is InChI=1S/C16H17FN2O2/c1-2-21-15-8-6-13(7-9-15)19-16(20)11-18-14-5-3-4-12(17)10-14/h3-10,18H,2,11H2,1H3,(H,19,20). The molecule has 2 rings (SSSR count). The maximum absolute atomic E-state index is 13.0. The topological polar surface area (TPSA) is 50.4 Å². The van der Waals surface area contributed by atoms with Crippen molar-refractivity contribution in [2.24, 2.45) is 0 Å². The number of anilines is 2. The van der Waals surface area contributed by atoms with Crippen LogP contribution in [0.5, 0.6) is 5.75 Å². The first-order valence-electron chi connectivity index (χ1n) is 6.69. The van der Waals surface area contributed by atoms with Crippen molar-refractivity contribution in [3.05, 3.63) is 54.3 Å². The molecule has 0 aliphatic carbocycles. The molecule has 0 aromatic heterocycles. The Kier molecular flexibility index (Phi) is 5.15. The number of amides is 1. The highest BCUT2D eigenvalue weighted by Gasteiger charge is 2.03. The molecule has 0 aliphatic rings. The van der Waals surface area contributed by atoms with Gasteiger partial charge in [-0.1, -0.05) is 6.07 Å². The summed E-state index contributed by atoms with van der Waals surface area (Å²) in [4.78, 5) is 11.8. The Balaban J connectivity index is 1.84. The van der Waals surface area contributed by atoms with Gasteiger partial charge >= 0.3 is 0 Å². The fourth-order valence-electron chi connectivity index (χ4n) is 1.79. The van der Waals surface area contributed by atoms with E-state index in [9.17, 15) is 9.18 Å². The van der Waals surface area contributed by atoms with E-state index in [-0.39, 0.29) is 18.3 Å². The molecule has 0 aliphatic heterocycles. The van der Waals surface area contributed by atoms with Crippen molar-refractivity contribution < 1.29 is 13.9 Å². The lowest BCUT2D eigenvalue weighted by Gasteiger charge is -2.09. The van der Waals surface area contributed by atoms with E-state index < -0.39 is 0 Å². The lowest BCUT2D eigenvalue weighted by atomic mass is 10.3. The number of halogens is 1. The SMILES string of the molecule is CCOc1ccc(NC(=O)CNc2cccc(F)c2)cc1. The maximum atomic E-state index is 13.0. The predicted octanol–water partition coefficient (Wildman–Crippen LogP) is 3.28. The van der Waals surface area contributed by atoms with Crippen molar-refractivity contribution in [1.29, 1.82) is 0 Å². The number of rotatable bonds is 6. The second-order valence-electron chi connectivity index (χ2n) is 4.37. The van der Waals surface area contributed by atoms with E-state index in [1.54, 1.807) is 36.4 Å². The Hall–Kier alpha value is -2.56. The van der Waals surface area contributed by atoms with E-state index in [0.29, 0.717) is 18.0 Å². The van der Waals surface area contributed by atoms with Crippen LogP contribution in [0.3, 0.4) is 0 Å². The second-order valence-corrected chi connectivity index (χ2v) is 4.37. The summed E-state index contributed by atoms with van der Waals surface area (Å²) in [6.45, 7) is 2.58. The molecule has 0 spiro atoms. The summed E-state index contributed by atoms with van der Waals surface area (Å²) in [6, 6.07) is 13.1. The highest BCUT2D eigenvalue weighted by molar-refractivity contribution is 5.93. The van der Waals surface area contributed by atoms with Gasteiger partial charge in [-0.3, -0.25) is 4.79 Å². The summed E-state index contributed by atoms with van der Waals surface area (Å²) in [5.41, 5.74) is 1.25. The van der Waals surface area contributed by atoms with Crippen LogP contribution in [0.1, 0.15) is 6.92 Å². The average molecular weight is 288 g/mol. The van der Waals surface area contributed by atoms with Crippen molar-refractivity contribution in [1.82, 2.24) is 0 Å². The van der Waals surface area contributed by atoms with Crippen LogP contribution in [0.4, 0.5) is 15.8 Å². The lowest BCUT2D eigenvalue weighted by Crippen LogP contribution is -2.21. The van der Waals surface area contributed by atoms with Crippen molar-refractivity contribution in [3.8, 4) is 5.75 Å². The molecule has 110 valence electrons. The number of carbonyl (C=O) groups is 1. The quantitative estimate of drug-likeness (QED) is 0.857. The number of hydrogen-bond donors (Lipinski definition) is 2. The van der Waals surface area contributed by atoms with Crippen LogP contribution in [0.2, 0.25) is 0 Å². The van der Waals surface area contributed by atoms with Crippen LogP contribution in [-0.2, 0) is 4.79 Å². The van der Waals surface area contributed by atoms with Gasteiger partial charge in [0, 0.05) is 11.4 Å². The maximum Gasteiger partial charge on any atom is 0.243 e. The minimum atomic E-state index is -0.341. The van der Waals surface area contributed by atoms with Crippen LogP contribution in [0.25, 0.3) is 0 Å². The van der Waals surface area contributed by atoms with Gasteiger partial charge in [0.25, 0.3) is 0 Å². The number of carbonyl (C=O) groups excluding carboxylic acids is 1. The molecule has 1 amide bonds. The van der Waals surface area contributed by atoms with Gasteiger partial charge in [-0.2, -0.15) is 0 Å². The van der Waals surface area contributed by atoms with Crippen LogP contribution >= 0.6 is 0 Å². The Morgan fingerprint density at radius 2 is 1.90 bits per heavy atom. The monoisotopic (exact) mass is 288 g/mol. The molecular weight excluding hydrogens is 271 g/mol. The zero-order valence-electron chi connectivity index (χ0n) is 11.7. The molecule has 0 heterocycles. The van der Waals surface area contributed by atoms with Crippen LogP contribution in [0.15, 0.2) is 48.5 Å².